The van der Waals surface area contributed by atoms with Crippen LogP contribution in [0.1, 0.15) is 18.1 Å². The first-order chi connectivity index (χ1) is 10.7. The van der Waals surface area contributed by atoms with Crippen molar-refractivity contribution in [1.29, 1.82) is 5.41 Å². The van der Waals surface area contributed by atoms with Gasteiger partial charge in [0.1, 0.15) is 11.7 Å². The summed E-state index contributed by atoms with van der Waals surface area (Å²) in [5.41, 5.74) is 5.77. The van der Waals surface area contributed by atoms with Crippen LogP contribution >= 0.6 is 0 Å². The number of carbonyl (C=O) groups excluding carboxylic acids is 1. The number of amidine groups is 1. The van der Waals surface area contributed by atoms with Crippen LogP contribution in [-0.4, -0.2) is 39.1 Å². The zero-order valence-electron chi connectivity index (χ0n) is 12.5. The van der Waals surface area contributed by atoms with Gasteiger partial charge < -0.3 is 10.5 Å². The molecule has 9 heteroatoms. The van der Waals surface area contributed by atoms with Gasteiger partial charge in [0, 0.05) is 6.54 Å². The summed E-state index contributed by atoms with van der Waals surface area (Å²) in [4.78, 5) is 11.1. The van der Waals surface area contributed by atoms with E-state index in [0.717, 1.165) is 0 Å². The number of nitrogens with two attached hydrogens (primary N) is 1. The number of hydrogen-bond acceptors (Lipinski definition) is 5. The third kappa shape index (κ3) is 6.57. The summed E-state index contributed by atoms with van der Waals surface area (Å²) < 4.78 is 43.3. The van der Waals surface area contributed by atoms with Gasteiger partial charge in [-0.2, -0.15) is 0 Å². The summed E-state index contributed by atoms with van der Waals surface area (Å²) in [5, 5.41) is 7.25. The monoisotopic (exact) mass is 343 g/mol. The first-order valence-corrected chi connectivity index (χ1v) is 8.34. The number of sulfonamides is 1. The fraction of sp³-hybridized carbons (Fsp3) is 0.286. The fourth-order valence-corrected chi connectivity index (χ4v) is 2.48. The lowest BCUT2D eigenvalue weighted by Crippen LogP contribution is -2.31. The average molecular weight is 343 g/mol. The molecule has 0 radical (unpaired) electrons. The maximum atomic E-state index is 13.4. The molecule has 0 unspecified atom stereocenters. The number of nitrogen functional groups attached to an aromatic ring is 1. The zero-order valence-corrected chi connectivity index (χ0v) is 13.3. The van der Waals surface area contributed by atoms with Crippen LogP contribution in [0.4, 0.5) is 4.39 Å². The first-order valence-electron chi connectivity index (χ1n) is 6.68. The van der Waals surface area contributed by atoms with Crippen LogP contribution in [0.3, 0.4) is 0 Å². The number of rotatable bonds is 8. The van der Waals surface area contributed by atoms with Crippen LogP contribution in [0.15, 0.2) is 24.3 Å². The Hall–Kier alpha value is -2.26. The molecule has 0 saturated heterocycles. The molecule has 0 aliphatic heterocycles. The van der Waals surface area contributed by atoms with Crippen molar-refractivity contribution in [3.63, 3.8) is 0 Å². The minimum Gasteiger partial charge on any atom is -0.465 e. The van der Waals surface area contributed by atoms with Gasteiger partial charge in [0.15, 0.2) is 5.75 Å². The van der Waals surface area contributed by atoms with Crippen LogP contribution in [0.5, 0.6) is 0 Å². The van der Waals surface area contributed by atoms with Crippen molar-refractivity contribution in [3.8, 4) is 0 Å². The van der Waals surface area contributed by atoms with Gasteiger partial charge in [0.25, 0.3) is 0 Å². The summed E-state index contributed by atoms with van der Waals surface area (Å²) in [5.74, 6) is -2.58. The molecule has 0 aliphatic rings. The van der Waals surface area contributed by atoms with Gasteiger partial charge in [-0.3, -0.25) is 10.2 Å². The Morgan fingerprint density at radius 2 is 2.17 bits per heavy atom. The van der Waals surface area contributed by atoms with Gasteiger partial charge in [-0.1, -0.05) is 18.2 Å². The number of ether oxygens (including phenoxy) is 1. The van der Waals surface area contributed by atoms with E-state index >= 15 is 0 Å². The van der Waals surface area contributed by atoms with E-state index in [9.17, 15) is 17.6 Å². The Labute approximate surface area is 133 Å². The lowest BCUT2D eigenvalue weighted by molar-refractivity contribution is -0.139. The van der Waals surface area contributed by atoms with Crippen molar-refractivity contribution in [2.75, 3.05) is 18.9 Å². The predicted molar refractivity (Wildman–Crippen MR) is 84.9 cm³/mol. The van der Waals surface area contributed by atoms with E-state index in [-0.39, 0.29) is 18.7 Å². The number of esters is 1. The van der Waals surface area contributed by atoms with Crippen molar-refractivity contribution in [2.24, 2.45) is 5.73 Å². The average Bonchev–Trinajstić information content (AvgIpc) is 2.44. The second kappa shape index (κ2) is 8.39. The lowest BCUT2D eigenvalue weighted by Gasteiger charge is -2.04. The minimum atomic E-state index is -3.78. The molecule has 4 N–H and O–H groups in total. The van der Waals surface area contributed by atoms with Crippen LogP contribution in [0.25, 0.3) is 6.08 Å². The molecule has 126 valence electrons. The fourth-order valence-electron chi connectivity index (χ4n) is 1.63. The molecule has 7 nitrogen and oxygen atoms in total. The topological polar surface area (TPSA) is 122 Å². The molecular formula is C14H18FN3O4S. The minimum absolute atomic E-state index is 0.0324. The highest BCUT2D eigenvalue weighted by atomic mass is 32.2. The standard InChI is InChI=1S/C14H18FN3O4S/c1-2-22-13(19)9-23(20,21)18-7-3-4-10-5-6-12(15)11(8-10)14(16)17/h3-6,8,18H,2,7,9H2,1H3,(H3,16,17)/b4-3+. The normalized spacial score (nSPS) is 11.6. The van der Waals surface area contributed by atoms with Gasteiger partial charge in [-0.25, -0.2) is 17.5 Å². The van der Waals surface area contributed by atoms with E-state index in [4.69, 9.17) is 11.1 Å². The van der Waals surface area contributed by atoms with Crippen molar-refractivity contribution < 1.29 is 22.3 Å². The van der Waals surface area contributed by atoms with Crippen molar-refractivity contribution >= 4 is 27.9 Å². The lowest BCUT2D eigenvalue weighted by atomic mass is 10.1. The summed E-state index contributed by atoms with van der Waals surface area (Å²) >= 11 is 0. The van der Waals surface area contributed by atoms with Crippen LogP contribution in [0, 0.1) is 11.2 Å². The molecule has 0 atom stereocenters. The SMILES string of the molecule is CCOC(=O)CS(=O)(=O)NC/C=C/c1ccc(F)c(C(=N)N)c1. The molecule has 0 fully saturated rings. The Morgan fingerprint density at radius 3 is 2.78 bits per heavy atom. The van der Waals surface area contributed by atoms with E-state index in [1.165, 1.54) is 24.3 Å². The number of benzene rings is 1. The van der Waals surface area contributed by atoms with Crippen LogP contribution in [-0.2, 0) is 19.6 Å². The molecule has 0 heterocycles. The molecule has 1 aromatic carbocycles. The molecule has 1 aromatic rings. The highest BCUT2D eigenvalue weighted by Gasteiger charge is 2.15. The third-order valence-electron chi connectivity index (χ3n) is 2.63. The van der Waals surface area contributed by atoms with Gasteiger partial charge in [-0.05, 0) is 24.6 Å². The number of nitrogens with one attached hydrogen (secondary N) is 2. The maximum Gasteiger partial charge on any atom is 0.322 e. The Balaban J connectivity index is 2.62. The van der Waals surface area contributed by atoms with Gasteiger partial charge in [0.2, 0.25) is 10.0 Å². The quantitative estimate of drug-likeness (QED) is 0.362. The smallest absolute Gasteiger partial charge is 0.322 e. The Morgan fingerprint density at radius 1 is 1.48 bits per heavy atom. The molecule has 0 saturated carbocycles. The molecular weight excluding hydrogens is 325 g/mol. The first kappa shape index (κ1) is 18.8. The van der Waals surface area contributed by atoms with Crippen LogP contribution in [0.2, 0.25) is 0 Å². The number of carbonyl (C=O) groups is 1. The highest BCUT2D eigenvalue weighted by Crippen LogP contribution is 2.11. The van der Waals surface area contributed by atoms with Crippen molar-refractivity contribution in [1.82, 2.24) is 4.72 Å². The second-order valence-corrected chi connectivity index (χ2v) is 6.27. The largest absolute Gasteiger partial charge is 0.465 e. The second-order valence-electron chi connectivity index (χ2n) is 4.47. The van der Waals surface area contributed by atoms with E-state index in [1.54, 1.807) is 13.0 Å². The Bertz CT molecular complexity index is 717. The van der Waals surface area contributed by atoms with Gasteiger partial charge in [0.05, 0.1) is 12.2 Å². The van der Waals surface area contributed by atoms with Crippen molar-refractivity contribution in [2.45, 2.75) is 6.92 Å². The summed E-state index contributed by atoms with van der Waals surface area (Å²) in [6, 6.07) is 4.01. The molecule has 23 heavy (non-hydrogen) atoms. The number of halogens is 1. The molecule has 0 aliphatic carbocycles. The van der Waals surface area contributed by atoms with E-state index in [0.29, 0.717) is 5.56 Å². The van der Waals surface area contributed by atoms with Crippen molar-refractivity contribution in [3.05, 3.63) is 41.2 Å². The summed E-state index contributed by atoms with van der Waals surface area (Å²) in [7, 11) is -3.78. The number of hydrogen-bond donors (Lipinski definition) is 3. The zero-order chi connectivity index (χ0) is 17.5. The molecule has 0 amide bonds. The van der Waals surface area contributed by atoms with E-state index in [1.807, 2.05) is 0 Å². The van der Waals surface area contributed by atoms with Crippen LogP contribution < -0.4 is 10.5 Å². The summed E-state index contributed by atoms with van der Waals surface area (Å²) in [6.45, 7) is 1.64. The van der Waals surface area contributed by atoms with Gasteiger partial charge in [-0.15, -0.1) is 0 Å². The molecule has 0 bridgehead atoms. The van der Waals surface area contributed by atoms with Gasteiger partial charge >= 0.3 is 5.97 Å². The maximum absolute atomic E-state index is 13.4. The third-order valence-corrected chi connectivity index (χ3v) is 3.85. The molecule has 0 spiro atoms. The van der Waals surface area contributed by atoms with E-state index in [2.05, 4.69) is 9.46 Å². The molecule has 1 rings (SSSR count). The molecule has 0 aromatic heterocycles. The Kier molecular flexibility index (Phi) is 6.86. The predicted octanol–water partition coefficient (Wildman–Crippen LogP) is 0.605. The highest BCUT2D eigenvalue weighted by molar-refractivity contribution is 7.90. The summed E-state index contributed by atoms with van der Waals surface area (Å²) in [6.07, 6.45) is 3.03. The van der Waals surface area contributed by atoms with E-state index < -0.39 is 33.4 Å².